The van der Waals surface area contributed by atoms with Crippen molar-refractivity contribution in [2.75, 3.05) is 11.4 Å². The van der Waals surface area contributed by atoms with E-state index in [0.717, 1.165) is 5.56 Å². The Balaban J connectivity index is 1.46. The van der Waals surface area contributed by atoms with E-state index in [1.54, 1.807) is 21.9 Å². The normalized spacial score (nSPS) is 20.5. The number of hydrogen-bond acceptors (Lipinski definition) is 3. The Kier molecular flexibility index (Phi) is 4.86. The molecule has 3 amide bonds. The average Bonchev–Trinajstić information content (AvgIpc) is 3.02. The van der Waals surface area contributed by atoms with Crippen LogP contribution >= 0.6 is 0 Å². The first-order chi connectivity index (χ1) is 13.9. The molecule has 2 aliphatic heterocycles. The fraction of sp³-hybridized carbons (Fsp3) is 0.348. The van der Waals surface area contributed by atoms with Crippen LogP contribution in [0, 0.1) is 6.92 Å². The highest BCUT2D eigenvalue weighted by Crippen LogP contribution is 2.43. The SMILES string of the molecule is Cc1ccc(CNC(=O)CCN2C(=O)c3ccccc3N3C(=O)CCC23C)cc1. The number of amides is 3. The number of anilines is 1. The third-order valence-corrected chi connectivity index (χ3v) is 5.92. The van der Waals surface area contributed by atoms with Gasteiger partial charge in [0.25, 0.3) is 5.91 Å². The van der Waals surface area contributed by atoms with Crippen molar-refractivity contribution in [1.29, 1.82) is 0 Å². The van der Waals surface area contributed by atoms with Gasteiger partial charge >= 0.3 is 0 Å². The zero-order valence-corrected chi connectivity index (χ0v) is 16.8. The van der Waals surface area contributed by atoms with Gasteiger partial charge in [-0.1, -0.05) is 42.0 Å². The van der Waals surface area contributed by atoms with Crippen molar-refractivity contribution in [3.05, 3.63) is 65.2 Å². The molecule has 150 valence electrons. The summed E-state index contributed by atoms with van der Waals surface area (Å²) in [6, 6.07) is 15.2. The smallest absolute Gasteiger partial charge is 0.257 e. The Labute approximate surface area is 170 Å². The second kappa shape index (κ2) is 7.35. The highest BCUT2D eigenvalue weighted by Gasteiger charge is 2.52. The standard InChI is InChI=1S/C23H25N3O3/c1-16-7-9-17(10-8-16)15-24-20(27)12-14-25-22(29)18-5-3-4-6-19(18)26-21(28)11-13-23(25,26)2/h3-10H,11-15H2,1-2H3,(H,24,27). The molecule has 29 heavy (non-hydrogen) atoms. The molecule has 1 saturated heterocycles. The fourth-order valence-electron chi connectivity index (χ4n) is 4.25. The maximum absolute atomic E-state index is 13.2. The summed E-state index contributed by atoms with van der Waals surface area (Å²) in [4.78, 5) is 41.5. The zero-order chi connectivity index (χ0) is 20.6. The number of nitrogens with one attached hydrogen (secondary N) is 1. The summed E-state index contributed by atoms with van der Waals surface area (Å²) >= 11 is 0. The van der Waals surface area contributed by atoms with Crippen LogP contribution in [0.1, 0.15) is 47.7 Å². The van der Waals surface area contributed by atoms with E-state index >= 15 is 0 Å². The zero-order valence-electron chi connectivity index (χ0n) is 16.8. The van der Waals surface area contributed by atoms with Gasteiger partial charge < -0.3 is 10.2 Å². The summed E-state index contributed by atoms with van der Waals surface area (Å²) in [5.74, 6) is -0.224. The highest BCUT2D eigenvalue weighted by atomic mass is 16.2. The minimum absolute atomic E-state index is 0.0151. The van der Waals surface area contributed by atoms with Crippen LogP contribution in [-0.2, 0) is 16.1 Å². The van der Waals surface area contributed by atoms with Crippen molar-refractivity contribution >= 4 is 23.4 Å². The molecule has 6 heteroatoms. The molecule has 1 atom stereocenters. The fourth-order valence-corrected chi connectivity index (χ4v) is 4.25. The molecule has 2 heterocycles. The molecular formula is C23H25N3O3. The molecule has 1 fully saturated rings. The number of hydrogen-bond donors (Lipinski definition) is 1. The number of para-hydroxylation sites is 1. The molecule has 0 saturated carbocycles. The van der Waals surface area contributed by atoms with Crippen LogP contribution in [0.25, 0.3) is 0 Å². The molecule has 0 radical (unpaired) electrons. The largest absolute Gasteiger partial charge is 0.352 e. The number of carbonyl (C=O) groups is 3. The predicted molar refractivity (Wildman–Crippen MR) is 110 cm³/mol. The number of fused-ring (bicyclic) bond motifs is 3. The molecule has 2 aliphatic rings. The molecular weight excluding hydrogens is 366 g/mol. The monoisotopic (exact) mass is 391 g/mol. The summed E-state index contributed by atoms with van der Waals surface area (Å²) in [7, 11) is 0. The first-order valence-electron chi connectivity index (χ1n) is 9.96. The topological polar surface area (TPSA) is 69.7 Å². The van der Waals surface area contributed by atoms with E-state index < -0.39 is 5.66 Å². The Morgan fingerprint density at radius 2 is 1.83 bits per heavy atom. The number of rotatable bonds is 5. The quantitative estimate of drug-likeness (QED) is 0.852. The summed E-state index contributed by atoms with van der Waals surface area (Å²) < 4.78 is 0. The van der Waals surface area contributed by atoms with Gasteiger partial charge in [-0.3, -0.25) is 19.3 Å². The van der Waals surface area contributed by atoms with Gasteiger partial charge in [0.1, 0.15) is 5.66 Å². The average molecular weight is 391 g/mol. The minimum atomic E-state index is -0.722. The van der Waals surface area contributed by atoms with Crippen LogP contribution in [-0.4, -0.2) is 34.8 Å². The number of carbonyl (C=O) groups excluding carboxylic acids is 3. The first kappa shape index (κ1) is 19.2. The van der Waals surface area contributed by atoms with Gasteiger partial charge in [-0.25, -0.2) is 0 Å². The first-order valence-corrected chi connectivity index (χ1v) is 9.96. The lowest BCUT2D eigenvalue weighted by Crippen LogP contribution is -2.62. The van der Waals surface area contributed by atoms with Crippen molar-refractivity contribution in [3.63, 3.8) is 0 Å². The molecule has 2 aromatic carbocycles. The van der Waals surface area contributed by atoms with Gasteiger partial charge in [0.15, 0.2) is 0 Å². The third kappa shape index (κ3) is 3.39. The molecule has 0 bridgehead atoms. The minimum Gasteiger partial charge on any atom is -0.352 e. The van der Waals surface area contributed by atoms with Crippen molar-refractivity contribution in [1.82, 2.24) is 10.2 Å². The van der Waals surface area contributed by atoms with Gasteiger partial charge in [0.05, 0.1) is 11.3 Å². The van der Waals surface area contributed by atoms with Crippen molar-refractivity contribution in [2.24, 2.45) is 0 Å². The summed E-state index contributed by atoms with van der Waals surface area (Å²) in [5, 5.41) is 2.92. The summed E-state index contributed by atoms with van der Waals surface area (Å²) in [5.41, 5.74) is 2.67. The van der Waals surface area contributed by atoms with Crippen LogP contribution < -0.4 is 10.2 Å². The molecule has 2 aromatic rings. The molecule has 1 N–H and O–H groups in total. The molecule has 1 unspecified atom stereocenters. The van der Waals surface area contributed by atoms with E-state index in [1.165, 1.54) is 5.56 Å². The third-order valence-electron chi connectivity index (χ3n) is 5.92. The van der Waals surface area contributed by atoms with Crippen LogP contribution in [0.5, 0.6) is 0 Å². The van der Waals surface area contributed by atoms with Crippen LogP contribution in [0.15, 0.2) is 48.5 Å². The van der Waals surface area contributed by atoms with Crippen LogP contribution in [0.4, 0.5) is 5.69 Å². The molecule has 0 aliphatic carbocycles. The lowest BCUT2D eigenvalue weighted by molar-refractivity contribution is -0.121. The van der Waals surface area contributed by atoms with E-state index in [0.29, 0.717) is 30.6 Å². The second-order valence-electron chi connectivity index (χ2n) is 7.93. The number of aryl methyl sites for hydroxylation is 1. The van der Waals surface area contributed by atoms with Crippen LogP contribution in [0.2, 0.25) is 0 Å². The van der Waals surface area contributed by atoms with Gasteiger partial charge in [-0.05, 0) is 38.0 Å². The predicted octanol–water partition coefficient (Wildman–Crippen LogP) is 3.00. The van der Waals surface area contributed by atoms with Crippen LogP contribution in [0.3, 0.4) is 0 Å². The molecule has 0 aromatic heterocycles. The van der Waals surface area contributed by atoms with E-state index in [9.17, 15) is 14.4 Å². The second-order valence-corrected chi connectivity index (χ2v) is 7.93. The van der Waals surface area contributed by atoms with Gasteiger partial charge in [0, 0.05) is 25.9 Å². The highest BCUT2D eigenvalue weighted by molar-refractivity contribution is 6.10. The van der Waals surface area contributed by atoms with E-state index in [-0.39, 0.29) is 30.7 Å². The lowest BCUT2D eigenvalue weighted by Gasteiger charge is -2.48. The molecule has 4 rings (SSSR count). The number of nitrogens with zero attached hydrogens (tertiary/aromatic N) is 2. The van der Waals surface area contributed by atoms with Gasteiger partial charge in [-0.15, -0.1) is 0 Å². The number of benzene rings is 2. The van der Waals surface area contributed by atoms with Crippen molar-refractivity contribution in [3.8, 4) is 0 Å². The lowest BCUT2D eigenvalue weighted by atomic mass is 9.98. The van der Waals surface area contributed by atoms with E-state index in [2.05, 4.69) is 5.32 Å². The maximum atomic E-state index is 13.2. The summed E-state index contributed by atoms with van der Waals surface area (Å²) in [6.45, 7) is 4.66. The Morgan fingerprint density at radius 3 is 2.59 bits per heavy atom. The Bertz CT molecular complexity index is 970. The van der Waals surface area contributed by atoms with E-state index in [4.69, 9.17) is 0 Å². The Hall–Kier alpha value is -3.15. The van der Waals surface area contributed by atoms with Crippen molar-refractivity contribution < 1.29 is 14.4 Å². The Morgan fingerprint density at radius 1 is 1.10 bits per heavy atom. The van der Waals surface area contributed by atoms with Crippen molar-refractivity contribution in [2.45, 2.75) is 45.3 Å². The van der Waals surface area contributed by atoms with Gasteiger partial charge in [-0.2, -0.15) is 0 Å². The maximum Gasteiger partial charge on any atom is 0.257 e. The molecule has 6 nitrogen and oxygen atoms in total. The summed E-state index contributed by atoms with van der Waals surface area (Å²) in [6.07, 6.45) is 1.16. The van der Waals surface area contributed by atoms with E-state index in [1.807, 2.05) is 50.2 Å². The molecule has 0 spiro atoms. The van der Waals surface area contributed by atoms with Gasteiger partial charge in [0.2, 0.25) is 11.8 Å².